The lowest BCUT2D eigenvalue weighted by atomic mass is 10.1. The maximum absolute atomic E-state index is 14.0. The molecule has 0 heterocycles. The molecule has 1 N–H and O–H groups in total. The van der Waals surface area contributed by atoms with Crippen LogP contribution in [0.2, 0.25) is 0 Å². The number of nitro benzene ring substituents is 1. The number of rotatable bonds is 8. The molecule has 0 saturated heterocycles. The first-order valence-electron chi connectivity index (χ1n) is 9.63. The van der Waals surface area contributed by atoms with Crippen LogP contribution in [0.25, 0.3) is 6.08 Å². The molecule has 0 bridgehead atoms. The summed E-state index contributed by atoms with van der Waals surface area (Å²) >= 11 is 0. The molecule has 0 fully saturated rings. The van der Waals surface area contributed by atoms with Gasteiger partial charge in [0.2, 0.25) is 0 Å². The molecular formula is C24H18FN3O5. The Morgan fingerprint density at radius 2 is 1.91 bits per heavy atom. The van der Waals surface area contributed by atoms with E-state index in [1.165, 1.54) is 13.2 Å². The minimum Gasteiger partial charge on any atom is -0.493 e. The molecule has 0 spiro atoms. The number of anilines is 1. The zero-order valence-electron chi connectivity index (χ0n) is 17.4. The minimum atomic E-state index is -0.916. The second kappa shape index (κ2) is 10.5. The molecule has 9 heteroatoms. The topological polar surface area (TPSA) is 114 Å². The Bertz CT molecular complexity index is 1250. The fourth-order valence-electron chi connectivity index (χ4n) is 2.86. The molecule has 0 unspecified atom stereocenters. The summed E-state index contributed by atoms with van der Waals surface area (Å²) in [6, 6.07) is 18.9. The van der Waals surface area contributed by atoms with Gasteiger partial charge in [0.1, 0.15) is 24.1 Å². The Labute approximate surface area is 188 Å². The molecule has 0 aromatic heterocycles. The summed E-state index contributed by atoms with van der Waals surface area (Å²) in [6.07, 6.45) is 1.29. The first-order chi connectivity index (χ1) is 15.9. The lowest BCUT2D eigenvalue weighted by molar-refractivity contribution is -0.384. The van der Waals surface area contributed by atoms with Crippen LogP contribution in [0.4, 0.5) is 15.8 Å². The van der Waals surface area contributed by atoms with E-state index in [2.05, 4.69) is 5.32 Å². The van der Waals surface area contributed by atoms with E-state index in [1.54, 1.807) is 24.3 Å². The predicted octanol–water partition coefficient (Wildman–Crippen LogP) is 4.87. The van der Waals surface area contributed by atoms with Crippen molar-refractivity contribution in [2.75, 3.05) is 12.4 Å². The number of carbonyl (C=O) groups excluding carboxylic acids is 1. The molecular weight excluding hydrogens is 429 g/mol. The second-order valence-electron chi connectivity index (χ2n) is 6.73. The Kier molecular flexibility index (Phi) is 7.34. The third-order valence-corrected chi connectivity index (χ3v) is 4.51. The van der Waals surface area contributed by atoms with Crippen molar-refractivity contribution >= 4 is 23.4 Å². The van der Waals surface area contributed by atoms with Gasteiger partial charge in [-0.25, -0.2) is 4.39 Å². The van der Waals surface area contributed by atoms with Crippen LogP contribution in [-0.4, -0.2) is 17.9 Å². The van der Waals surface area contributed by atoms with Gasteiger partial charge in [0, 0.05) is 12.1 Å². The number of halogens is 1. The van der Waals surface area contributed by atoms with E-state index >= 15 is 0 Å². The van der Waals surface area contributed by atoms with Crippen LogP contribution in [0.15, 0.2) is 72.3 Å². The molecule has 3 rings (SSSR count). The number of hydrogen-bond donors (Lipinski definition) is 1. The smallest absolute Gasteiger partial charge is 0.271 e. The van der Waals surface area contributed by atoms with Gasteiger partial charge in [0.05, 0.1) is 17.7 Å². The SMILES string of the molecule is COc1cc(/C=C(\C#N)C(=O)Nc2cc([N+](=O)[O-])ccc2F)ccc1OCc1ccccc1. The molecule has 33 heavy (non-hydrogen) atoms. The molecule has 3 aromatic rings. The Morgan fingerprint density at radius 3 is 2.58 bits per heavy atom. The number of nitrogens with one attached hydrogen (secondary N) is 1. The fourth-order valence-corrected chi connectivity index (χ4v) is 2.86. The summed E-state index contributed by atoms with van der Waals surface area (Å²) in [5.74, 6) is -0.921. The van der Waals surface area contributed by atoms with Gasteiger partial charge < -0.3 is 14.8 Å². The van der Waals surface area contributed by atoms with Crippen molar-refractivity contribution in [1.29, 1.82) is 5.26 Å². The maximum atomic E-state index is 14.0. The van der Waals surface area contributed by atoms with E-state index in [0.29, 0.717) is 23.7 Å². The van der Waals surface area contributed by atoms with Gasteiger partial charge in [0.25, 0.3) is 11.6 Å². The van der Waals surface area contributed by atoms with Crippen molar-refractivity contribution in [3.63, 3.8) is 0 Å². The first kappa shape index (κ1) is 23.0. The molecule has 3 aromatic carbocycles. The maximum Gasteiger partial charge on any atom is 0.271 e. The van der Waals surface area contributed by atoms with Crippen LogP contribution in [-0.2, 0) is 11.4 Å². The highest BCUT2D eigenvalue weighted by Crippen LogP contribution is 2.30. The van der Waals surface area contributed by atoms with Crippen molar-refractivity contribution in [1.82, 2.24) is 0 Å². The van der Waals surface area contributed by atoms with E-state index in [0.717, 1.165) is 23.8 Å². The summed E-state index contributed by atoms with van der Waals surface area (Å²) in [4.78, 5) is 22.6. The standard InChI is InChI=1S/C24H18FN3O5/c1-32-23-12-17(7-10-22(23)33-15-16-5-3-2-4-6-16)11-18(14-26)24(29)27-21-13-19(28(30)31)8-9-20(21)25/h2-13H,15H2,1H3,(H,27,29)/b18-11+. The number of nitro groups is 1. The number of benzene rings is 3. The average molecular weight is 447 g/mol. The zero-order chi connectivity index (χ0) is 23.8. The van der Waals surface area contributed by atoms with Crippen molar-refractivity contribution in [2.24, 2.45) is 0 Å². The molecule has 8 nitrogen and oxygen atoms in total. The highest BCUT2D eigenvalue weighted by atomic mass is 19.1. The van der Waals surface area contributed by atoms with E-state index < -0.39 is 28.0 Å². The van der Waals surface area contributed by atoms with E-state index in [4.69, 9.17) is 9.47 Å². The quantitative estimate of drug-likeness (QED) is 0.228. The molecule has 0 radical (unpaired) electrons. The zero-order valence-corrected chi connectivity index (χ0v) is 17.4. The number of hydrogen-bond acceptors (Lipinski definition) is 6. The molecule has 0 saturated carbocycles. The molecule has 1 amide bonds. The molecule has 0 atom stereocenters. The van der Waals surface area contributed by atoms with Gasteiger partial charge in [-0.2, -0.15) is 5.26 Å². The highest BCUT2D eigenvalue weighted by molar-refractivity contribution is 6.09. The largest absolute Gasteiger partial charge is 0.493 e. The lowest BCUT2D eigenvalue weighted by Crippen LogP contribution is -2.14. The van der Waals surface area contributed by atoms with Gasteiger partial charge >= 0.3 is 0 Å². The van der Waals surface area contributed by atoms with Crippen molar-refractivity contribution in [2.45, 2.75) is 6.61 Å². The van der Waals surface area contributed by atoms with Crippen LogP contribution in [0, 0.1) is 27.3 Å². The average Bonchev–Trinajstić information content (AvgIpc) is 2.83. The lowest BCUT2D eigenvalue weighted by Gasteiger charge is -2.11. The predicted molar refractivity (Wildman–Crippen MR) is 119 cm³/mol. The van der Waals surface area contributed by atoms with Gasteiger partial charge in [-0.05, 0) is 35.4 Å². The highest BCUT2D eigenvalue weighted by Gasteiger charge is 2.16. The molecule has 166 valence electrons. The van der Waals surface area contributed by atoms with Gasteiger partial charge in [-0.15, -0.1) is 0 Å². The summed E-state index contributed by atoms with van der Waals surface area (Å²) in [5.41, 5.74) is 0.300. The first-order valence-corrected chi connectivity index (χ1v) is 9.63. The molecule has 0 aliphatic carbocycles. The van der Waals surface area contributed by atoms with Gasteiger partial charge in [-0.1, -0.05) is 36.4 Å². The Hall–Kier alpha value is -4.71. The molecule has 0 aliphatic rings. The number of non-ortho nitro benzene ring substituents is 1. The number of nitrogens with zero attached hydrogens (tertiary/aromatic N) is 2. The van der Waals surface area contributed by atoms with Crippen LogP contribution < -0.4 is 14.8 Å². The van der Waals surface area contributed by atoms with Crippen LogP contribution >= 0.6 is 0 Å². The number of carbonyl (C=O) groups is 1. The Balaban J connectivity index is 1.79. The van der Waals surface area contributed by atoms with Crippen molar-refractivity contribution < 1.29 is 23.6 Å². The van der Waals surface area contributed by atoms with Gasteiger partial charge in [0.15, 0.2) is 11.5 Å². The van der Waals surface area contributed by atoms with Crippen LogP contribution in [0.5, 0.6) is 11.5 Å². The summed E-state index contributed by atoms with van der Waals surface area (Å²) < 4.78 is 25.1. The number of nitriles is 1. The normalized spacial score (nSPS) is 10.8. The van der Waals surface area contributed by atoms with Gasteiger partial charge in [-0.3, -0.25) is 14.9 Å². The number of ether oxygens (including phenoxy) is 2. The van der Waals surface area contributed by atoms with Crippen molar-refractivity contribution in [3.05, 3.63) is 99.4 Å². The summed E-state index contributed by atoms with van der Waals surface area (Å²) in [5, 5.41) is 22.5. The van der Waals surface area contributed by atoms with E-state index in [9.17, 15) is 24.6 Å². The third kappa shape index (κ3) is 5.92. The summed E-state index contributed by atoms with van der Waals surface area (Å²) in [7, 11) is 1.46. The van der Waals surface area contributed by atoms with Crippen LogP contribution in [0.3, 0.4) is 0 Å². The minimum absolute atomic E-state index is 0.326. The Morgan fingerprint density at radius 1 is 1.15 bits per heavy atom. The van der Waals surface area contributed by atoms with Crippen molar-refractivity contribution in [3.8, 4) is 17.6 Å². The fraction of sp³-hybridized carbons (Fsp3) is 0.0833. The second-order valence-corrected chi connectivity index (χ2v) is 6.73. The monoisotopic (exact) mass is 447 g/mol. The van der Waals surface area contributed by atoms with E-state index in [-0.39, 0.29) is 5.57 Å². The number of methoxy groups -OCH3 is 1. The third-order valence-electron chi connectivity index (χ3n) is 4.51. The number of amides is 1. The molecule has 0 aliphatic heterocycles. The summed E-state index contributed by atoms with van der Waals surface area (Å²) in [6.45, 7) is 0.326. The van der Waals surface area contributed by atoms with Crippen LogP contribution in [0.1, 0.15) is 11.1 Å². The van der Waals surface area contributed by atoms with E-state index in [1.807, 2.05) is 30.3 Å².